The van der Waals surface area contributed by atoms with Gasteiger partial charge < -0.3 is 15.4 Å². The molecular formula is C25H27BrClN3O5S. The van der Waals surface area contributed by atoms with Crippen molar-refractivity contribution in [1.29, 1.82) is 0 Å². The highest BCUT2D eigenvalue weighted by Crippen LogP contribution is 2.30. The molecule has 3 N–H and O–H groups in total. The summed E-state index contributed by atoms with van der Waals surface area (Å²) in [5.74, 6) is -1.01. The number of nitrogens with one attached hydrogen (secondary N) is 3. The number of ether oxygens (including phenoxy) is 1. The first-order valence-corrected chi connectivity index (χ1v) is 14.3. The zero-order chi connectivity index (χ0) is 25.9. The van der Waals surface area contributed by atoms with Crippen molar-refractivity contribution in [3.8, 4) is 0 Å². The fourth-order valence-electron chi connectivity index (χ4n) is 3.98. The molecule has 192 valence electrons. The first kappa shape index (κ1) is 26.7. The number of methoxy groups -OCH3 is 1. The predicted molar refractivity (Wildman–Crippen MR) is 142 cm³/mol. The second-order valence-electron chi connectivity index (χ2n) is 8.89. The second-order valence-corrected chi connectivity index (χ2v) is 12.3. The number of carbonyl (C=O) groups excluding carboxylic acids is 2. The Hall–Kier alpha value is -2.40. The normalized spacial score (nSPS) is 22.0. The van der Waals surface area contributed by atoms with Crippen LogP contribution in [0.5, 0.6) is 0 Å². The van der Waals surface area contributed by atoms with Crippen LogP contribution in [-0.4, -0.2) is 39.1 Å². The maximum atomic E-state index is 13.1. The molecule has 0 aromatic heterocycles. The molecule has 0 heterocycles. The molecule has 1 aromatic carbocycles. The van der Waals surface area contributed by atoms with E-state index in [0.29, 0.717) is 41.4 Å². The minimum absolute atomic E-state index is 0.188. The molecule has 3 aliphatic carbocycles. The van der Waals surface area contributed by atoms with Crippen LogP contribution >= 0.6 is 27.5 Å². The molecule has 2 unspecified atom stereocenters. The van der Waals surface area contributed by atoms with Crippen molar-refractivity contribution in [3.05, 3.63) is 75.1 Å². The van der Waals surface area contributed by atoms with Gasteiger partial charge in [0.25, 0.3) is 5.91 Å². The van der Waals surface area contributed by atoms with Crippen molar-refractivity contribution < 1.29 is 22.7 Å². The summed E-state index contributed by atoms with van der Waals surface area (Å²) in [4.78, 5) is 26.0. The summed E-state index contributed by atoms with van der Waals surface area (Å²) < 4.78 is 33.2. The van der Waals surface area contributed by atoms with Gasteiger partial charge in [-0.2, -0.15) is 0 Å². The Balaban J connectivity index is 1.40. The number of allylic oxidation sites excluding steroid dienone is 4. The number of anilines is 1. The highest BCUT2D eigenvalue weighted by Gasteiger charge is 2.36. The average molecular weight is 597 g/mol. The zero-order valence-corrected chi connectivity index (χ0v) is 22.8. The lowest BCUT2D eigenvalue weighted by Crippen LogP contribution is -2.34. The van der Waals surface area contributed by atoms with E-state index in [-0.39, 0.29) is 35.6 Å². The molecular weight excluding hydrogens is 570 g/mol. The van der Waals surface area contributed by atoms with E-state index in [2.05, 4.69) is 31.3 Å². The Bertz CT molecular complexity index is 1270. The monoisotopic (exact) mass is 595 g/mol. The van der Waals surface area contributed by atoms with Gasteiger partial charge in [-0.05, 0) is 61.6 Å². The molecule has 8 nitrogen and oxygen atoms in total. The molecule has 3 aliphatic rings. The van der Waals surface area contributed by atoms with E-state index in [4.69, 9.17) is 16.3 Å². The topological polar surface area (TPSA) is 114 Å². The molecule has 1 aromatic rings. The van der Waals surface area contributed by atoms with E-state index in [1.807, 2.05) is 12.1 Å². The van der Waals surface area contributed by atoms with Crippen molar-refractivity contribution in [2.75, 3.05) is 19.0 Å². The van der Waals surface area contributed by atoms with Gasteiger partial charge in [-0.15, -0.1) is 0 Å². The van der Waals surface area contributed by atoms with Crippen molar-refractivity contribution in [3.63, 3.8) is 0 Å². The van der Waals surface area contributed by atoms with Crippen LogP contribution in [0, 0.1) is 11.8 Å². The third kappa shape index (κ3) is 6.67. The van der Waals surface area contributed by atoms with Crippen LogP contribution in [0.4, 0.5) is 5.69 Å². The van der Waals surface area contributed by atoms with Crippen molar-refractivity contribution in [1.82, 2.24) is 10.0 Å². The highest BCUT2D eigenvalue weighted by molar-refractivity contribution is 9.10. The van der Waals surface area contributed by atoms with Crippen LogP contribution in [-0.2, 0) is 24.3 Å². The number of carbonyl (C=O) groups is 2. The summed E-state index contributed by atoms with van der Waals surface area (Å²) in [5.41, 5.74) is 1.46. The fourth-order valence-corrected chi connectivity index (χ4v) is 5.92. The maximum Gasteiger partial charge on any atom is 0.256 e. The number of rotatable bonds is 9. The zero-order valence-electron chi connectivity index (χ0n) is 19.6. The smallest absolute Gasteiger partial charge is 0.256 e. The van der Waals surface area contributed by atoms with E-state index in [1.54, 1.807) is 36.4 Å². The third-order valence-corrected chi connectivity index (χ3v) is 8.97. The van der Waals surface area contributed by atoms with Gasteiger partial charge in [-0.25, -0.2) is 13.1 Å². The van der Waals surface area contributed by atoms with Gasteiger partial charge in [0, 0.05) is 33.9 Å². The fraction of sp³-hybridized carbons (Fsp3) is 0.360. The number of hydrogen-bond acceptors (Lipinski definition) is 5. The predicted octanol–water partition coefficient (Wildman–Crippen LogP) is 4.09. The van der Waals surface area contributed by atoms with Crippen LogP contribution in [0.1, 0.15) is 25.7 Å². The van der Waals surface area contributed by atoms with Gasteiger partial charge in [0.15, 0.2) is 0 Å². The highest BCUT2D eigenvalue weighted by atomic mass is 79.9. The Morgan fingerprint density at radius 2 is 1.86 bits per heavy atom. The van der Waals surface area contributed by atoms with E-state index in [9.17, 15) is 18.0 Å². The number of sulfonamides is 1. The van der Waals surface area contributed by atoms with Crippen molar-refractivity contribution in [2.24, 2.45) is 11.8 Å². The minimum atomic E-state index is -3.31. The van der Waals surface area contributed by atoms with Crippen molar-refractivity contribution >= 4 is 55.1 Å². The molecule has 2 atom stereocenters. The van der Waals surface area contributed by atoms with Gasteiger partial charge in [-0.1, -0.05) is 39.7 Å². The quantitative estimate of drug-likeness (QED) is 0.398. The van der Waals surface area contributed by atoms with E-state index in [1.165, 1.54) is 7.11 Å². The molecule has 1 saturated carbocycles. The van der Waals surface area contributed by atoms with Crippen LogP contribution in [0.25, 0.3) is 0 Å². The van der Waals surface area contributed by atoms with Crippen LogP contribution in [0.2, 0.25) is 0 Å². The van der Waals surface area contributed by atoms with Crippen LogP contribution < -0.4 is 15.4 Å². The largest absolute Gasteiger partial charge is 0.500 e. The Labute approximate surface area is 224 Å². The molecule has 0 spiro atoms. The molecule has 4 rings (SSSR count). The lowest BCUT2D eigenvalue weighted by molar-refractivity contribution is -0.120. The lowest BCUT2D eigenvalue weighted by atomic mass is 9.93. The Morgan fingerprint density at radius 3 is 2.53 bits per heavy atom. The summed E-state index contributed by atoms with van der Waals surface area (Å²) in [5, 5.41) is 5.72. The van der Waals surface area contributed by atoms with E-state index >= 15 is 0 Å². The summed E-state index contributed by atoms with van der Waals surface area (Å²) in [6.45, 7) is 0.206. The number of amides is 2. The average Bonchev–Trinajstić information content (AvgIpc) is 3.71. The number of halogens is 2. The summed E-state index contributed by atoms with van der Waals surface area (Å²) in [7, 11) is -1.81. The molecule has 2 amide bonds. The van der Waals surface area contributed by atoms with Crippen LogP contribution in [0.3, 0.4) is 0 Å². The third-order valence-electron chi connectivity index (χ3n) is 6.17. The Morgan fingerprint density at radius 1 is 1.14 bits per heavy atom. The molecule has 0 saturated heterocycles. The van der Waals surface area contributed by atoms with Gasteiger partial charge >= 0.3 is 0 Å². The van der Waals surface area contributed by atoms with E-state index < -0.39 is 21.8 Å². The Kier molecular flexibility index (Phi) is 8.39. The van der Waals surface area contributed by atoms with E-state index in [0.717, 1.165) is 4.47 Å². The van der Waals surface area contributed by atoms with Gasteiger partial charge in [-0.3, -0.25) is 9.59 Å². The van der Waals surface area contributed by atoms with Crippen LogP contribution in [0.15, 0.2) is 75.1 Å². The first-order chi connectivity index (χ1) is 17.2. The number of hydrogen-bond donors (Lipinski definition) is 3. The van der Waals surface area contributed by atoms with Crippen molar-refractivity contribution in [2.45, 2.75) is 30.9 Å². The standard InChI is InChI=1S/C25H27BrClN3O5S/c1-35-23-11-7-18(13-21(23)25(32)29-17-5-3-16(26)4-6-17)30-24(31)20-12-15(2-10-22(20)27)14-28-36(33,34)19-8-9-19/h3-7,10-12,15,19,21,28H,2,8-9,13-14H2,1H3,(H,29,32)(H,30,31). The summed E-state index contributed by atoms with van der Waals surface area (Å²) in [6.07, 6.45) is 8.91. The first-order valence-electron chi connectivity index (χ1n) is 11.5. The molecule has 0 radical (unpaired) electrons. The molecule has 11 heteroatoms. The second kappa shape index (κ2) is 11.3. The van der Waals surface area contributed by atoms with Gasteiger partial charge in [0.05, 0.1) is 17.9 Å². The minimum Gasteiger partial charge on any atom is -0.500 e. The van der Waals surface area contributed by atoms with Gasteiger partial charge in [0.2, 0.25) is 15.9 Å². The molecule has 0 bridgehead atoms. The molecule has 36 heavy (non-hydrogen) atoms. The lowest BCUT2D eigenvalue weighted by Gasteiger charge is -2.25. The molecule has 0 aliphatic heterocycles. The summed E-state index contributed by atoms with van der Waals surface area (Å²) >= 11 is 9.68. The number of benzene rings is 1. The summed E-state index contributed by atoms with van der Waals surface area (Å²) in [6, 6.07) is 7.22. The SMILES string of the molecule is COC1=CC=C(NC(=O)C2=CC(CNS(=O)(=O)C3CC3)CC=C2Cl)CC1C(=O)Nc1ccc(Br)cc1. The van der Waals surface area contributed by atoms with Gasteiger partial charge in [0.1, 0.15) is 11.7 Å². The molecule has 1 fully saturated rings. The maximum absolute atomic E-state index is 13.1.